The zero-order valence-corrected chi connectivity index (χ0v) is 18.1. The number of fused-ring (bicyclic) bond motifs is 1. The predicted molar refractivity (Wildman–Crippen MR) is 113 cm³/mol. The molecule has 1 aliphatic carbocycles. The fraction of sp³-hybridized carbons (Fsp3) is 0.652. The molecule has 1 aromatic carbocycles. The van der Waals surface area contributed by atoms with Gasteiger partial charge >= 0.3 is 0 Å². The van der Waals surface area contributed by atoms with Crippen LogP contribution in [0.2, 0.25) is 0 Å². The lowest BCUT2D eigenvalue weighted by molar-refractivity contribution is -0.232. The minimum Gasteiger partial charge on any atom is -0.497 e. The summed E-state index contributed by atoms with van der Waals surface area (Å²) in [5.41, 5.74) is -0.402. The Balaban J connectivity index is 2.09. The fourth-order valence-electron chi connectivity index (χ4n) is 5.29. The SMILES string of the molecule is COc1cccc(N2C[C@@]3(O)CC[C@@H](O)[C@@H](OC)[C@@H]3[C@@](C)(O)[C@@H]2CC=C(C)C)c1. The predicted octanol–water partition coefficient (Wildman–Crippen LogP) is 2.51. The lowest BCUT2D eigenvalue weighted by atomic mass is 9.59. The topological polar surface area (TPSA) is 82.4 Å². The maximum atomic E-state index is 11.8. The van der Waals surface area contributed by atoms with Crippen molar-refractivity contribution in [1.29, 1.82) is 0 Å². The van der Waals surface area contributed by atoms with Crippen molar-refractivity contribution >= 4 is 5.69 Å². The zero-order valence-electron chi connectivity index (χ0n) is 18.1. The number of piperidine rings is 1. The Morgan fingerprint density at radius 1 is 1.28 bits per heavy atom. The van der Waals surface area contributed by atoms with Crippen LogP contribution in [0, 0.1) is 5.92 Å². The molecule has 0 radical (unpaired) electrons. The zero-order chi connectivity index (χ0) is 21.4. The lowest BCUT2D eigenvalue weighted by Crippen LogP contribution is -2.75. The summed E-state index contributed by atoms with van der Waals surface area (Å²) in [6.45, 7) is 6.19. The summed E-state index contributed by atoms with van der Waals surface area (Å²) in [6, 6.07) is 7.41. The minimum atomic E-state index is -1.29. The molecule has 3 rings (SSSR count). The van der Waals surface area contributed by atoms with Crippen molar-refractivity contribution in [1.82, 2.24) is 0 Å². The number of allylic oxidation sites excluding steroid dienone is 1. The van der Waals surface area contributed by atoms with Gasteiger partial charge in [0.25, 0.3) is 0 Å². The van der Waals surface area contributed by atoms with E-state index < -0.39 is 29.3 Å². The number of hydrogen-bond donors (Lipinski definition) is 3. The first-order chi connectivity index (χ1) is 13.6. The van der Waals surface area contributed by atoms with Crippen molar-refractivity contribution < 1.29 is 24.8 Å². The van der Waals surface area contributed by atoms with Gasteiger partial charge in [-0.25, -0.2) is 0 Å². The summed E-state index contributed by atoms with van der Waals surface area (Å²) in [6.07, 6.45) is 2.25. The number of nitrogens with zero attached hydrogens (tertiary/aromatic N) is 1. The van der Waals surface area contributed by atoms with Gasteiger partial charge in [-0.1, -0.05) is 17.7 Å². The Morgan fingerprint density at radius 3 is 2.62 bits per heavy atom. The van der Waals surface area contributed by atoms with E-state index in [1.54, 1.807) is 14.0 Å². The standard InChI is InChI=1S/C23H35NO5/c1-15(2)9-10-19-22(3,26)21-20(29-5)18(25)11-12-23(21,27)14-24(19)16-7-6-8-17(13-16)28-4/h6-9,13,18-21,25-27H,10-12,14H2,1-5H3/t18-,19+,20-,21-,22+,23+/m1/s1. The highest BCUT2D eigenvalue weighted by Crippen LogP contribution is 2.50. The number of hydrogen-bond acceptors (Lipinski definition) is 6. The van der Waals surface area contributed by atoms with Gasteiger partial charge in [0, 0.05) is 31.3 Å². The average Bonchev–Trinajstić information content (AvgIpc) is 2.67. The second-order valence-corrected chi connectivity index (χ2v) is 8.98. The molecule has 1 aromatic rings. The van der Waals surface area contributed by atoms with Crippen molar-refractivity contribution in [2.45, 2.75) is 69.5 Å². The van der Waals surface area contributed by atoms with Gasteiger partial charge < -0.3 is 29.7 Å². The molecule has 0 bridgehead atoms. The molecular formula is C23H35NO5. The lowest BCUT2D eigenvalue weighted by Gasteiger charge is -2.61. The molecule has 2 aliphatic rings. The van der Waals surface area contributed by atoms with E-state index in [9.17, 15) is 15.3 Å². The van der Waals surface area contributed by atoms with Crippen LogP contribution >= 0.6 is 0 Å². The largest absolute Gasteiger partial charge is 0.497 e. The van der Waals surface area contributed by atoms with Crippen molar-refractivity contribution in [3.05, 3.63) is 35.9 Å². The van der Waals surface area contributed by atoms with Crippen LogP contribution in [0.25, 0.3) is 0 Å². The molecule has 0 unspecified atom stereocenters. The number of aliphatic hydroxyl groups excluding tert-OH is 1. The first kappa shape index (κ1) is 22.1. The molecule has 6 heteroatoms. The van der Waals surface area contributed by atoms with E-state index in [0.29, 0.717) is 25.8 Å². The Hall–Kier alpha value is -1.60. The molecule has 0 amide bonds. The molecule has 0 aromatic heterocycles. The molecule has 6 atom stereocenters. The molecule has 1 saturated carbocycles. The third kappa shape index (κ3) is 4.04. The number of aliphatic hydroxyl groups is 3. The second-order valence-electron chi connectivity index (χ2n) is 8.98. The van der Waals surface area contributed by atoms with Gasteiger partial charge in [0.05, 0.1) is 36.6 Å². The van der Waals surface area contributed by atoms with Crippen molar-refractivity contribution in [2.24, 2.45) is 5.92 Å². The number of anilines is 1. The van der Waals surface area contributed by atoms with E-state index in [4.69, 9.17) is 9.47 Å². The molecule has 0 spiro atoms. The van der Waals surface area contributed by atoms with Gasteiger partial charge in [0.1, 0.15) is 5.75 Å². The number of rotatable bonds is 5. The van der Waals surface area contributed by atoms with E-state index in [-0.39, 0.29) is 6.04 Å². The third-order valence-electron chi connectivity index (χ3n) is 6.69. The molecule has 1 aliphatic heterocycles. The Bertz CT molecular complexity index is 745. The van der Waals surface area contributed by atoms with E-state index in [1.807, 2.05) is 38.1 Å². The van der Waals surface area contributed by atoms with Gasteiger partial charge in [-0.3, -0.25) is 0 Å². The minimum absolute atomic E-state index is 0.294. The first-order valence-corrected chi connectivity index (χ1v) is 10.3. The van der Waals surface area contributed by atoms with Crippen molar-refractivity contribution in [3.63, 3.8) is 0 Å². The summed E-state index contributed by atoms with van der Waals surface area (Å²) in [5.74, 6) is 0.132. The number of methoxy groups -OCH3 is 2. The maximum Gasteiger partial charge on any atom is 0.120 e. The maximum absolute atomic E-state index is 11.8. The summed E-state index contributed by atoms with van der Waals surface area (Å²) < 4.78 is 11.0. The summed E-state index contributed by atoms with van der Waals surface area (Å²) in [4.78, 5) is 2.09. The smallest absolute Gasteiger partial charge is 0.120 e. The molecule has 1 saturated heterocycles. The number of benzene rings is 1. The van der Waals surface area contributed by atoms with Crippen LogP contribution in [-0.2, 0) is 4.74 Å². The first-order valence-electron chi connectivity index (χ1n) is 10.3. The Labute approximate surface area is 173 Å². The van der Waals surface area contributed by atoms with Gasteiger partial charge in [-0.15, -0.1) is 0 Å². The normalized spacial score (nSPS) is 37.0. The highest BCUT2D eigenvalue weighted by Gasteiger charge is 2.63. The molecule has 6 nitrogen and oxygen atoms in total. The van der Waals surface area contributed by atoms with E-state index in [1.165, 1.54) is 12.7 Å². The van der Waals surface area contributed by atoms with Crippen LogP contribution in [0.1, 0.15) is 40.0 Å². The van der Waals surface area contributed by atoms with Crippen LogP contribution in [0.15, 0.2) is 35.9 Å². The highest BCUT2D eigenvalue weighted by atomic mass is 16.5. The summed E-state index contributed by atoms with van der Waals surface area (Å²) in [7, 11) is 3.16. The summed E-state index contributed by atoms with van der Waals surface area (Å²) >= 11 is 0. The highest BCUT2D eigenvalue weighted by molar-refractivity contribution is 5.54. The summed E-state index contributed by atoms with van der Waals surface area (Å²) in [5, 5.41) is 34.0. The molecule has 162 valence electrons. The molecule has 29 heavy (non-hydrogen) atoms. The fourth-order valence-corrected chi connectivity index (χ4v) is 5.29. The molecular weight excluding hydrogens is 370 g/mol. The van der Waals surface area contributed by atoms with Crippen LogP contribution in [0.5, 0.6) is 5.75 Å². The van der Waals surface area contributed by atoms with Crippen molar-refractivity contribution in [3.8, 4) is 5.75 Å². The van der Waals surface area contributed by atoms with Crippen LogP contribution < -0.4 is 9.64 Å². The van der Waals surface area contributed by atoms with Gasteiger partial charge in [-0.05, 0) is 52.2 Å². The van der Waals surface area contributed by atoms with Crippen molar-refractivity contribution in [2.75, 3.05) is 25.7 Å². The van der Waals surface area contributed by atoms with Crippen LogP contribution in [0.3, 0.4) is 0 Å². The Kier molecular flexibility index (Phi) is 6.30. The van der Waals surface area contributed by atoms with Gasteiger partial charge in [-0.2, -0.15) is 0 Å². The molecule has 2 fully saturated rings. The number of β-amino-alcohol motifs (C(OH)–C–C–N with tert-alkyl or cyclic N) is 1. The van der Waals surface area contributed by atoms with Gasteiger partial charge in [0.2, 0.25) is 0 Å². The molecule has 3 N–H and O–H groups in total. The molecule has 1 heterocycles. The van der Waals surface area contributed by atoms with E-state index in [2.05, 4.69) is 11.0 Å². The monoisotopic (exact) mass is 405 g/mol. The van der Waals surface area contributed by atoms with Crippen LogP contribution in [0.4, 0.5) is 5.69 Å². The average molecular weight is 406 g/mol. The Morgan fingerprint density at radius 2 is 2.00 bits per heavy atom. The quantitative estimate of drug-likeness (QED) is 0.653. The van der Waals surface area contributed by atoms with E-state index >= 15 is 0 Å². The second kappa shape index (κ2) is 8.26. The van der Waals surface area contributed by atoms with Crippen LogP contribution in [-0.4, -0.2) is 65.5 Å². The third-order valence-corrected chi connectivity index (χ3v) is 6.69. The van der Waals surface area contributed by atoms with E-state index in [0.717, 1.165) is 11.4 Å². The van der Waals surface area contributed by atoms with Gasteiger partial charge in [0.15, 0.2) is 0 Å². The number of ether oxygens (including phenoxy) is 2.